The maximum atomic E-state index is 12.0. The zero-order valence-electron chi connectivity index (χ0n) is 10.4. The molecule has 0 spiro atoms. The molecule has 1 fully saturated rings. The number of nitrogens with zero attached hydrogens (tertiary/aromatic N) is 1. The zero-order chi connectivity index (χ0) is 12.0. The van der Waals surface area contributed by atoms with E-state index >= 15 is 0 Å². The van der Waals surface area contributed by atoms with Gasteiger partial charge in [-0.25, -0.2) is 0 Å². The summed E-state index contributed by atoms with van der Waals surface area (Å²) in [5.74, 6) is 0.596. The molecule has 0 aromatic rings. The molecule has 1 heterocycles. The second-order valence-electron chi connectivity index (χ2n) is 4.54. The maximum absolute atomic E-state index is 12.0. The lowest BCUT2D eigenvalue weighted by molar-refractivity contribution is -0.141. The van der Waals surface area contributed by atoms with Crippen molar-refractivity contribution in [2.24, 2.45) is 11.7 Å². The number of hydrogen-bond donors (Lipinski definition) is 1. The smallest absolute Gasteiger partial charge is 0.251 e. The highest BCUT2D eigenvalue weighted by Crippen LogP contribution is 2.16. The standard InChI is InChI=1S/C12H24N2O2/c1-3-4-7-16-10(2)12(15)14-6-5-11(8-13)9-14/h10-11H,3-9,13H2,1-2H3. The first-order valence-corrected chi connectivity index (χ1v) is 6.29. The van der Waals surface area contributed by atoms with E-state index in [2.05, 4.69) is 6.92 Å². The van der Waals surface area contributed by atoms with Crippen LogP contribution in [0.5, 0.6) is 0 Å². The van der Waals surface area contributed by atoms with Crippen LogP contribution in [0.2, 0.25) is 0 Å². The van der Waals surface area contributed by atoms with Crippen molar-refractivity contribution in [2.45, 2.75) is 39.2 Å². The Balaban J connectivity index is 2.28. The fourth-order valence-corrected chi connectivity index (χ4v) is 1.96. The third-order valence-electron chi connectivity index (χ3n) is 3.14. The Hall–Kier alpha value is -0.610. The largest absolute Gasteiger partial charge is 0.369 e. The van der Waals surface area contributed by atoms with Gasteiger partial charge in [0.1, 0.15) is 6.10 Å². The first-order valence-electron chi connectivity index (χ1n) is 6.29. The Morgan fingerprint density at radius 3 is 2.94 bits per heavy atom. The molecule has 0 saturated carbocycles. The van der Waals surface area contributed by atoms with E-state index in [-0.39, 0.29) is 12.0 Å². The molecular weight excluding hydrogens is 204 g/mol. The van der Waals surface area contributed by atoms with Crippen molar-refractivity contribution in [1.82, 2.24) is 4.90 Å². The number of hydrogen-bond acceptors (Lipinski definition) is 3. The Labute approximate surface area is 98.1 Å². The fraction of sp³-hybridized carbons (Fsp3) is 0.917. The van der Waals surface area contributed by atoms with Gasteiger partial charge < -0.3 is 15.4 Å². The second kappa shape index (κ2) is 6.86. The lowest BCUT2D eigenvalue weighted by Gasteiger charge is -2.21. The number of carbonyl (C=O) groups excluding carboxylic acids is 1. The highest BCUT2D eigenvalue weighted by atomic mass is 16.5. The number of nitrogens with two attached hydrogens (primary N) is 1. The van der Waals surface area contributed by atoms with Crippen molar-refractivity contribution in [3.63, 3.8) is 0 Å². The molecule has 1 aliphatic heterocycles. The molecule has 1 rings (SSSR count). The molecule has 1 aliphatic rings. The number of ether oxygens (including phenoxy) is 1. The summed E-state index contributed by atoms with van der Waals surface area (Å²) in [7, 11) is 0. The maximum Gasteiger partial charge on any atom is 0.251 e. The predicted molar refractivity (Wildman–Crippen MR) is 64.1 cm³/mol. The molecule has 1 saturated heterocycles. The third-order valence-corrected chi connectivity index (χ3v) is 3.14. The quantitative estimate of drug-likeness (QED) is 0.690. The molecule has 2 atom stereocenters. The molecular formula is C12H24N2O2. The minimum absolute atomic E-state index is 0.118. The number of rotatable bonds is 6. The average Bonchev–Trinajstić information content (AvgIpc) is 2.76. The Morgan fingerprint density at radius 1 is 1.62 bits per heavy atom. The molecule has 4 heteroatoms. The van der Waals surface area contributed by atoms with Crippen LogP contribution in [0.25, 0.3) is 0 Å². The van der Waals surface area contributed by atoms with Crippen LogP contribution in [0.15, 0.2) is 0 Å². The summed E-state index contributed by atoms with van der Waals surface area (Å²) in [6.45, 7) is 6.95. The summed E-state index contributed by atoms with van der Waals surface area (Å²) in [6.07, 6.45) is 2.84. The molecule has 0 bridgehead atoms. The van der Waals surface area contributed by atoms with Gasteiger partial charge in [0.2, 0.25) is 0 Å². The monoisotopic (exact) mass is 228 g/mol. The van der Waals surface area contributed by atoms with Gasteiger partial charge in [0, 0.05) is 19.7 Å². The van der Waals surface area contributed by atoms with Gasteiger partial charge >= 0.3 is 0 Å². The zero-order valence-corrected chi connectivity index (χ0v) is 10.4. The van der Waals surface area contributed by atoms with Gasteiger partial charge in [0.15, 0.2) is 0 Å². The fourth-order valence-electron chi connectivity index (χ4n) is 1.96. The van der Waals surface area contributed by atoms with Crippen molar-refractivity contribution in [1.29, 1.82) is 0 Å². The topological polar surface area (TPSA) is 55.6 Å². The second-order valence-corrected chi connectivity index (χ2v) is 4.54. The Bertz CT molecular complexity index is 221. The first-order chi connectivity index (χ1) is 7.69. The van der Waals surface area contributed by atoms with Crippen LogP contribution in [0, 0.1) is 5.92 Å². The molecule has 1 amide bonds. The highest BCUT2D eigenvalue weighted by molar-refractivity contribution is 5.80. The normalized spacial score (nSPS) is 22.4. The number of amides is 1. The lowest BCUT2D eigenvalue weighted by Crippen LogP contribution is -2.38. The van der Waals surface area contributed by atoms with E-state index in [1.54, 1.807) is 0 Å². The van der Waals surface area contributed by atoms with Crippen LogP contribution in [0.4, 0.5) is 0 Å². The van der Waals surface area contributed by atoms with E-state index in [1.807, 2.05) is 11.8 Å². The molecule has 0 radical (unpaired) electrons. The van der Waals surface area contributed by atoms with E-state index in [0.29, 0.717) is 19.1 Å². The third kappa shape index (κ3) is 3.76. The van der Waals surface area contributed by atoms with Gasteiger partial charge in [-0.2, -0.15) is 0 Å². The molecule has 4 nitrogen and oxygen atoms in total. The molecule has 16 heavy (non-hydrogen) atoms. The van der Waals surface area contributed by atoms with E-state index < -0.39 is 0 Å². The van der Waals surface area contributed by atoms with Crippen LogP contribution in [0.1, 0.15) is 33.1 Å². The Morgan fingerprint density at radius 2 is 2.38 bits per heavy atom. The number of carbonyl (C=O) groups is 1. The summed E-state index contributed by atoms with van der Waals surface area (Å²) >= 11 is 0. The van der Waals surface area contributed by atoms with E-state index in [1.165, 1.54) is 0 Å². The van der Waals surface area contributed by atoms with Crippen molar-refractivity contribution in [3.05, 3.63) is 0 Å². The van der Waals surface area contributed by atoms with Gasteiger partial charge in [-0.3, -0.25) is 4.79 Å². The van der Waals surface area contributed by atoms with Gasteiger partial charge in [-0.15, -0.1) is 0 Å². The minimum atomic E-state index is -0.303. The van der Waals surface area contributed by atoms with Crippen molar-refractivity contribution < 1.29 is 9.53 Å². The van der Waals surface area contributed by atoms with E-state index in [4.69, 9.17) is 10.5 Å². The predicted octanol–water partition coefficient (Wildman–Crippen LogP) is 0.999. The highest BCUT2D eigenvalue weighted by Gasteiger charge is 2.28. The van der Waals surface area contributed by atoms with Crippen molar-refractivity contribution >= 4 is 5.91 Å². The summed E-state index contributed by atoms with van der Waals surface area (Å²) in [4.78, 5) is 13.8. The SMILES string of the molecule is CCCCOC(C)C(=O)N1CCC(CN)C1. The lowest BCUT2D eigenvalue weighted by atomic mass is 10.1. The van der Waals surface area contributed by atoms with Gasteiger partial charge in [0.25, 0.3) is 5.91 Å². The van der Waals surface area contributed by atoms with Crippen molar-refractivity contribution in [2.75, 3.05) is 26.2 Å². The Kier molecular flexibility index (Phi) is 5.77. The van der Waals surface area contributed by atoms with Crippen LogP contribution >= 0.6 is 0 Å². The van der Waals surface area contributed by atoms with Crippen LogP contribution in [-0.4, -0.2) is 43.2 Å². The van der Waals surface area contributed by atoms with E-state index in [0.717, 1.165) is 32.4 Å². The summed E-state index contributed by atoms with van der Waals surface area (Å²) < 4.78 is 5.50. The van der Waals surface area contributed by atoms with Gasteiger partial charge in [-0.1, -0.05) is 13.3 Å². The van der Waals surface area contributed by atoms with Crippen molar-refractivity contribution in [3.8, 4) is 0 Å². The molecule has 0 aromatic heterocycles. The van der Waals surface area contributed by atoms with Crippen LogP contribution in [0.3, 0.4) is 0 Å². The minimum Gasteiger partial charge on any atom is -0.369 e. The van der Waals surface area contributed by atoms with Gasteiger partial charge in [0.05, 0.1) is 0 Å². The first kappa shape index (κ1) is 13.5. The van der Waals surface area contributed by atoms with Gasteiger partial charge in [-0.05, 0) is 32.2 Å². The summed E-state index contributed by atoms with van der Waals surface area (Å²) in [6, 6.07) is 0. The summed E-state index contributed by atoms with van der Waals surface area (Å²) in [5, 5.41) is 0. The number of likely N-dealkylation sites (tertiary alicyclic amines) is 1. The van der Waals surface area contributed by atoms with Crippen LogP contribution in [-0.2, 0) is 9.53 Å². The molecule has 0 aliphatic carbocycles. The summed E-state index contributed by atoms with van der Waals surface area (Å²) in [5.41, 5.74) is 5.60. The molecule has 2 unspecified atom stereocenters. The number of unbranched alkanes of at least 4 members (excludes halogenated alkanes) is 1. The average molecular weight is 228 g/mol. The molecule has 94 valence electrons. The van der Waals surface area contributed by atoms with Crippen LogP contribution < -0.4 is 5.73 Å². The van der Waals surface area contributed by atoms with E-state index in [9.17, 15) is 4.79 Å². The molecule has 2 N–H and O–H groups in total. The molecule has 0 aromatic carbocycles.